The largest absolute Gasteiger partial charge is 0.463 e. The first-order valence-electron chi connectivity index (χ1n) is 3.72. The molecule has 0 aromatic carbocycles. The SMILES string of the molecule is COC(=O)C(=O)C(C#N)C1CC1. The van der Waals surface area contributed by atoms with Gasteiger partial charge in [-0.15, -0.1) is 0 Å². The number of ether oxygens (including phenoxy) is 1. The summed E-state index contributed by atoms with van der Waals surface area (Å²) in [6, 6.07) is 1.83. The Balaban J connectivity index is 2.60. The molecule has 1 unspecified atom stereocenters. The Kier molecular flexibility index (Phi) is 2.44. The van der Waals surface area contributed by atoms with E-state index in [1.54, 1.807) is 0 Å². The third kappa shape index (κ3) is 1.62. The third-order valence-electron chi connectivity index (χ3n) is 1.90. The smallest absolute Gasteiger partial charge is 0.375 e. The average molecular weight is 167 g/mol. The van der Waals surface area contributed by atoms with Crippen molar-refractivity contribution >= 4 is 11.8 Å². The van der Waals surface area contributed by atoms with Gasteiger partial charge in [0.2, 0.25) is 0 Å². The number of methoxy groups -OCH3 is 1. The van der Waals surface area contributed by atoms with Gasteiger partial charge in [-0.25, -0.2) is 4.79 Å². The second-order valence-electron chi connectivity index (χ2n) is 2.80. The van der Waals surface area contributed by atoms with E-state index < -0.39 is 17.7 Å². The monoisotopic (exact) mass is 167 g/mol. The molecular formula is C8H9NO3. The van der Waals surface area contributed by atoms with E-state index in [2.05, 4.69) is 4.74 Å². The number of hydrogen-bond acceptors (Lipinski definition) is 4. The van der Waals surface area contributed by atoms with Crippen molar-refractivity contribution in [1.82, 2.24) is 0 Å². The second kappa shape index (κ2) is 3.35. The molecule has 0 radical (unpaired) electrons. The van der Waals surface area contributed by atoms with Gasteiger partial charge in [-0.2, -0.15) is 5.26 Å². The lowest BCUT2D eigenvalue weighted by atomic mass is 10.0. The number of rotatable bonds is 3. The molecule has 12 heavy (non-hydrogen) atoms. The molecule has 1 saturated carbocycles. The highest BCUT2D eigenvalue weighted by atomic mass is 16.5. The zero-order valence-electron chi connectivity index (χ0n) is 6.74. The molecule has 1 atom stereocenters. The molecule has 1 fully saturated rings. The molecule has 0 aromatic rings. The van der Waals surface area contributed by atoms with Crippen LogP contribution < -0.4 is 0 Å². The van der Waals surface area contributed by atoms with Crippen LogP contribution in [-0.4, -0.2) is 18.9 Å². The van der Waals surface area contributed by atoms with E-state index in [-0.39, 0.29) is 5.92 Å². The fraction of sp³-hybridized carbons (Fsp3) is 0.625. The molecule has 0 aromatic heterocycles. The maximum absolute atomic E-state index is 11.1. The number of hydrogen-bond donors (Lipinski definition) is 0. The number of carbonyl (C=O) groups excluding carboxylic acids is 2. The zero-order valence-corrected chi connectivity index (χ0v) is 6.74. The minimum atomic E-state index is -0.909. The molecule has 4 heteroatoms. The highest BCUT2D eigenvalue weighted by molar-refractivity contribution is 6.35. The molecular weight excluding hydrogens is 158 g/mol. The highest BCUT2D eigenvalue weighted by Crippen LogP contribution is 2.36. The van der Waals surface area contributed by atoms with Gasteiger partial charge in [-0.3, -0.25) is 4.79 Å². The maximum Gasteiger partial charge on any atom is 0.375 e. The Morgan fingerprint density at radius 3 is 2.50 bits per heavy atom. The lowest BCUT2D eigenvalue weighted by Crippen LogP contribution is -2.25. The molecule has 0 N–H and O–H groups in total. The quantitative estimate of drug-likeness (QED) is 0.447. The number of nitrogens with zero attached hydrogens (tertiary/aromatic N) is 1. The summed E-state index contributed by atoms with van der Waals surface area (Å²) in [6.45, 7) is 0. The van der Waals surface area contributed by atoms with Crippen LogP contribution in [0.15, 0.2) is 0 Å². The minimum Gasteiger partial charge on any atom is -0.463 e. The lowest BCUT2D eigenvalue weighted by molar-refractivity contribution is -0.153. The van der Waals surface area contributed by atoms with Crippen LogP contribution in [0.4, 0.5) is 0 Å². The summed E-state index contributed by atoms with van der Waals surface area (Å²) in [7, 11) is 1.14. The molecule has 0 heterocycles. The van der Waals surface area contributed by atoms with Crippen LogP contribution in [0.3, 0.4) is 0 Å². The topological polar surface area (TPSA) is 67.2 Å². The number of Topliss-reactive ketones (excluding diaryl/α,β-unsaturated/α-hetero) is 1. The number of ketones is 1. The first-order valence-corrected chi connectivity index (χ1v) is 3.72. The Hall–Kier alpha value is -1.37. The predicted molar refractivity (Wildman–Crippen MR) is 38.9 cm³/mol. The Morgan fingerprint density at radius 1 is 1.58 bits per heavy atom. The Morgan fingerprint density at radius 2 is 2.17 bits per heavy atom. The van der Waals surface area contributed by atoms with Gasteiger partial charge in [0.15, 0.2) is 0 Å². The summed E-state index contributed by atoms with van der Waals surface area (Å²) >= 11 is 0. The van der Waals surface area contributed by atoms with Gasteiger partial charge in [0.25, 0.3) is 5.78 Å². The zero-order chi connectivity index (χ0) is 9.14. The van der Waals surface area contributed by atoms with E-state index >= 15 is 0 Å². The van der Waals surface area contributed by atoms with Crippen molar-refractivity contribution in [3.05, 3.63) is 0 Å². The Bertz CT molecular complexity index is 250. The van der Waals surface area contributed by atoms with E-state index in [0.29, 0.717) is 0 Å². The Labute approximate surface area is 70.1 Å². The normalized spacial score (nSPS) is 17.7. The van der Waals surface area contributed by atoms with Crippen molar-refractivity contribution in [3.63, 3.8) is 0 Å². The lowest BCUT2D eigenvalue weighted by Gasteiger charge is -2.02. The molecule has 0 aliphatic heterocycles. The van der Waals surface area contributed by atoms with E-state index in [1.165, 1.54) is 0 Å². The molecule has 0 saturated heterocycles. The number of nitriles is 1. The summed E-state index contributed by atoms with van der Waals surface area (Å²) in [5, 5.41) is 8.57. The average Bonchev–Trinajstić information content (AvgIpc) is 2.88. The maximum atomic E-state index is 11.1. The van der Waals surface area contributed by atoms with Crippen molar-refractivity contribution in [2.75, 3.05) is 7.11 Å². The predicted octanol–water partition coefficient (Wildman–Crippen LogP) is 0.278. The van der Waals surface area contributed by atoms with Crippen LogP contribution in [0.1, 0.15) is 12.8 Å². The third-order valence-corrected chi connectivity index (χ3v) is 1.90. The summed E-state index contributed by atoms with van der Waals surface area (Å²) in [5.74, 6) is -2.31. The number of esters is 1. The van der Waals surface area contributed by atoms with Crippen molar-refractivity contribution in [1.29, 1.82) is 5.26 Å². The first-order chi connectivity index (χ1) is 5.70. The molecule has 1 rings (SSSR count). The van der Waals surface area contributed by atoms with Crippen LogP contribution in [-0.2, 0) is 14.3 Å². The van der Waals surface area contributed by atoms with Crippen LogP contribution >= 0.6 is 0 Å². The van der Waals surface area contributed by atoms with Gasteiger partial charge in [0.1, 0.15) is 5.92 Å². The summed E-state index contributed by atoms with van der Waals surface area (Å²) in [4.78, 5) is 21.8. The van der Waals surface area contributed by atoms with Crippen molar-refractivity contribution in [3.8, 4) is 6.07 Å². The van der Waals surface area contributed by atoms with Gasteiger partial charge in [-0.1, -0.05) is 0 Å². The van der Waals surface area contributed by atoms with Crippen molar-refractivity contribution in [2.45, 2.75) is 12.8 Å². The number of carbonyl (C=O) groups is 2. The summed E-state index contributed by atoms with van der Waals surface area (Å²) in [6.07, 6.45) is 1.72. The first kappa shape index (κ1) is 8.72. The molecule has 0 amide bonds. The second-order valence-corrected chi connectivity index (χ2v) is 2.80. The fourth-order valence-electron chi connectivity index (χ4n) is 1.04. The summed E-state index contributed by atoms with van der Waals surface area (Å²) in [5.41, 5.74) is 0. The van der Waals surface area contributed by atoms with Crippen LogP contribution in [0, 0.1) is 23.2 Å². The molecule has 64 valence electrons. The van der Waals surface area contributed by atoms with Gasteiger partial charge in [-0.05, 0) is 18.8 Å². The van der Waals surface area contributed by atoms with Crippen molar-refractivity contribution < 1.29 is 14.3 Å². The van der Waals surface area contributed by atoms with Gasteiger partial charge in [0.05, 0.1) is 13.2 Å². The van der Waals surface area contributed by atoms with Crippen molar-refractivity contribution in [2.24, 2.45) is 11.8 Å². The van der Waals surface area contributed by atoms with Crippen LogP contribution in [0.25, 0.3) is 0 Å². The molecule has 1 aliphatic rings. The molecule has 1 aliphatic carbocycles. The van der Waals surface area contributed by atoms with E-state index in [4.69, 9.17) is 5.26 Å². The standard InChI is InChI=1S/C8H9NO3/c1-12-8(11)7(10)6(4-9)5-2-3-5/h5-6H,2-3H2,1H3. The minimum absolute atomic E-state index is 0.0848. The van der Waals surface area contributed by atoms with Gasteiger partial charge < -0.3 is 4.74 Å². The molecule has 4 nitrogen and oxygen atoms in total. The van der Waals surface area contributed by atoms with Crippen LogP contribution in [0.5, 0.6) is 0 Å². The van der Waals surface area contributed by atoms with E-state index in [0.717, 1.165) is 20.0 Å². The molecule has 0 spiro atoms. The van der Waals surface area contributed by atoms with E-state index in [1.807, 2.05) is 6.07 Å². The van der Waals surface area contributed by atoms with Crippen LogP contribution in [0.2, 0.25) is 0 Å². The molecule has 0 bridgehead atoms. The van der Waals surface area contributed by atoms with Gasteiger partial charge in [0, 0.05) is 0 Å². The van der Waals surface area contributed by atoms with E-state index in [9.17, 15) is 9.59 Å². The summed E-state index contributed by atoms with van der Waals surface area (Å²) < 4.78 is 4.23. The highest BCUT2D eigenvalue weighted by Gasteiger charge is 2.39. The van der Waals surface area contributed by atoms with Gasteiger partial charge >= 0.3 is 5.97 Å². The fourth-order valence-corrected chi connectivity index (χ4v) is 1.04.